The highest BCUT2D eigenvalue weighted by Crippen LogP contribution is 2.32. The van der Waals surface area contributed by atoms with Gasteiger partial charge in [0.05, 0.1) is 24.8 Å². The summed E-state index contributed by atoms with van der Waals surface area (Å²) < 4.78 is 12.8. The third-order valence-electron chi connectivity index (χ3n) is 5.39. The maximum Gasteiger partial charge on any atom is 0.209 e. The molecule has 0 radical (unpaired) electrons. The smallest absolute Gasteiger partial charge is 0.209 e. The molecule has 5 rings (SSSR count). The number of para-hydroxylation sites is 1. The number of nitrogens with one attached hydrogen (secondary N) is 1. The quantitative estimate of drug-likeness (QED) is 0.298. The van der Waals surface area contributed by atoms with Crippen LogP contribution < -0.4 is 10.1 Å². The average molecular weight is 474 g/mol. The van der Waals surface area contributed by atoms with Crippen molar-refractivity contribution in [1.82, 2.24) is 24.5 Å². The van der Waals surface area contributed by atoms with E-state index in [1.165, 1.54) is 10.9 Å². The van der Waals surface area contributed by atoms with Crippen molar-refractivity contribution >= 4 is 22.7 Å². The second-order valence-electron chi connectivity index (χ2n) is 7.72. The van der Waals surface area contributed by atoms with Crippen LogP contribution in [0.1, 0.15) is 12.1 Å². The molecule has 4 heterocycles. The van der Waals surface area contributed by atoms with Crippen LogP contribution in [0.2, 0.25) is 0 Å². The van der Waals surface area contributed by atoms with Gasteiger partial charge in [0.25, 0.3) is 0 Å². The second-order valence-corrected chi connectivity index (χ2v) is 7.72. The number of nitrogens with zero attached hydrogens (tertiary/aromatic N) is 5. The summed E-state index contributed by atoms with van der Waals surface area (Å²) in [4.78, 5) is 17.5. The highest BCUT2D eigenvalue weighted by Gasteiger charge is 2.44. The monoisotopic (exact) mass is 474 g/mol. The Bertz CT molecular complexity index is 1350. The summed E-state index contributed by atoms with van der Waals surface area (Å²) in [5.74, 6) is 7.05. The summed E-state index contributed by atoms with van der Waals surface area (Å²) in [6, 6.07) is 12.9. The molecule has 11 nitrogen and oxygen atoms in total. The molecule has 3 aromatic heterocycles. The third-order valence-corrected chi connectivity index (χ3v) is 5.39. The van der Waals surface area contributed by atoms with Crippen molar-refractivity contribution < 1.29 is 24.8 Å². The zero-order valence-corrected chi connectivity index (χ0v) is 18.4. The predicted molar refractivity (Wildman–Crippen MR) is 125 cm³/mol. The number of aliphatic hydroxyl groups is 3. The number of imidazole rings is 1. The molecule has 4 unspecified atom stereocenters. The Balaban J connectivity index is 1.49. The standard InChI is InChI=1S/C24H22N6O5/c31-13-17-20(32)21(33)24(35-17)30-14-26-19-22(27-15-6-4-10-25-12-15)28-18(29-23(19)30)9-5-11-34-16-7-2-1-3-8-16/h1-4,6-8,10,12,14,17,20-21,24,31-33H,11,13H2,(H,27,28,29). The lowest BCUT2D eigenvalue weighted by atomic mass is 10.1. The van der Waals surface area contributed by atoms with Crippen LogP contribution in [0.15, 0.2) is 61.2 Å². The molecule has 178 valence electrons. The van der Waals surface area contributed by atoms with Crippen molar-refractivity contribution in [3.8, 4) is 17.6 Å². The summed E-state index contributed by atoms with van der Waals surface area (Å²) in [5.41, 5.74) is 1.41. The van der Waals surface area contributed by atoms with Crippen LogP contribution in [0.3, 0.4) is 0 Å². The molecule has 11 heteroatoms. The summed E-state index contributed by atoms with van der Waals surface area (Å²) in [7, 11) is 0. The van der Waals surface area contributed by atoms with Crippen LogP contribution >= 0.6 is 0 Å². The third kappa shape index (κ3) is 4.77. The number of aromatic nitrogens is 5. The van der Waals surface area contributed by atoms with Gasteiger partial charge in [-0.1, -0.05) is 24.1 Å². The fourth-order valence-corrected chi connectivity index (χ4v) is 3.68. The number of benzene rings is 1. The van der Waals surface area contributed by atoms with Crippen LogP contribution in [-0.4, -0.2) is 71.3 Å². The molecule has 1 aromatic carbocycles. The zero-order valence-electron chi connectivity index (χ0n) is 18.4. The van der Waals surface area contributed by atoms with E-state index in [4.69, 9.17) is 9.47 Å². The van der Waals surface area contributed by atoms with Crippen molar-refractivity contribution in [2.24, 2.45) is 0 Å². The number of rotatable bonds is 6. The minimum absolute atomic E-state index is 0.130. The molecule has 0 amide bonds. The molecule has 35 heavy (non-hydrogen) atoms. The summed E-state index contributed by atoms with van der Waals surface area (Å²) >= 11 is 0. The fraction of sp³-hybridized carbons (Fsp3) is 0.250. The van der Waals surface area contributed by atoms with Crippen molar-refractivity contribution in [3.63, 3.8) is 0 Å². The van der Waals surface area contributed by atoms with Gasteiger partial charge in [-0.2, -0.15) is 0 Å². The van der Waals surface area contributed by atoms with Crippen LogP contribution in [0.4, 0.5) is 11.5 Å². The lowest BCUT2D eigenvalue weighted by Crippen LogP contribution is -2.33. The molecule has 0 aliphatic carbocycles. The number of aliphatic hydroxyl groups excluding tert-OH is 3. The van der Waals surface area contributed by atoms with Crippen LogP contribution in [-0.2, 0) is 4.74 Å². The Kier molecular flexibility index (Phi) is 6.51. The van der Waals surface area contributed by atoms with E-state index in [1.54, 1.807) is 18.5 Å². The van der Waals surface area contributed by atoms with E-state index in [1.807, 2.05) is 36.4 Å². The maximum absolute atomic E-state index is 10.5. The number of anilines is 2. The molecule has 4 aromatic rings. The van der Waals surface area contributed by atoms with E-state index < -0.39 is 31.1 Å². The molecule has 1 aliphatic heterocycles. The lowest BCUT2D eigenvalue weighted by Gasteiger charge is -2.16. The van der Waals surface area contributed by atoms with Gasteiger partial charge in [-0.05, 0) is 30.2 Å². The van der Waals surface area contributed by atoms with Gasteiger partial charge in [0.15, 0.2) is 23.2 Å². The largest absolute Gasteiger partial charge is 0.481 e. The topological polar surface area (TPSA) is 148 Å². The Hall–Kier alpha value is -4.08. The molecule has 0 spiro atoms. The fourth-order valence-electron chi connectivity index (χ4n) is 3.68. The summed E-state index contributed by atoms with van der Waals surface area (Å²) in [6.45, 7) is -0.312. The number of ether oxygens (including phenoxy) is 2. The van der Waals surface area contributed by atoms with Crippen LogP contribution in [0.25, 0.3) is 11.2 Å². The molecule has 4 N–H and O–H groups in total. The molecular weight excluding hydrogens is 452 g/mol. The van der Waals surface area contributed by atoms with Gasteiger partial charge in [0.2, 0.25) is 5.82 Å². The van der Waals surface area contributed by atoms with Gasteiger partial charge in [-0.25, -0.2) is 15.0 Å². The Labute approximate surface area is 200 Å². The molecular formula is C24H22N6O5. The van der Waals surface area contributed by atoms with Crippen LogP contribution in [0, 0.1) is 11.8 Å². The zero-order chi connectivity index (χ0) is 24.2. The minimum Gasteiger partial charge on any atom is -0.481 e. The first-order chi connectivity index (χ1) is 17.1. The second kappa shape index (κ2) is 10.0. The molecule has 0 saturated carbocycles. The van der Waals surface area contributed by atoms with Gasteiger partial charge < -0.3 is 30.1 Å². The number of pyridine rings is 1. The highest BCUT2D eigenvalue weighted by molar-refractivity contribution is 5.85. The van der Waals surface area contributed by atoms with Gasteiger partial charge in [-0.3, -0.25) is 9.55 Å². The summed E-state index contributed by atoms with van der Waals surface area (Å²) in [5, 5.41) is 33.3. The van der Waals surface area contributed by atoms with Crippen molar-refractivity contribution in [3.05, 3.63) is 67.0 Å². The van der Waals surface area contributed by atoms with E-state index in [0.29, 0.717) is 28.4 Å². The van der Waals surface area contributed by atoms with E-state index in [9.17, 15) is 15.3 Å². The number of hydrogen-bond acceptors (Lipinski definition) is 10. The molecule has 4 atom stereocenters. The van der Waals surface area contributed by atoms with Crippen molar-refractivity contribution in [1.29, 1.82) is 0 Å². The highest BCUT2D eigenvalue weighted by atomic mass is 16.6. The SMILES string of the molecule is OCC1OC(n2cnc3c(Nc4cccnc4)nc(C#CCOc4ccccc4)nc32)C(O)C1O. The first-order valence-corrected chi connectivity index (χ1v) is 10.8. The van der Waals surface area contributed by atoms with E-state index in [2.05, 4.69) is 37.1 Å². The normalized spacial score (nSPS) is 21.5. The van der Waals surface area contributed by atoms with E-state index in [0.717, 1.165) is 0 Å². The Morgan fingerprint density at radius 1 is 1.09 bits per heavy atom. The van der Waals surface area contributed by atoms with Gasteiger partial charge >= 0.3 is 0 Å². The predicted octanol–water partition coefficient (Wildman–Crippen LogP) is 1.01. The Morgan fingerprint density at radius 2 is 1.94 bits per heavy atom. The van der Waals surface area contributed by atoms with Crippen molar-refractivity contribution in [2.75, 3.05) is 18.5 Å². The maximum atomic E-state index is 10.5. The average Bonchev–Trinajstić information content (AvgIpc) is 3.44. The minimum atomic E-state index is -1.29. The van der Waals surface area contributed by atoms with E-state index >= 15 is 0 Å². The first-order valence-electron chi connectivity index (χ1n) is 10.8. The van der Waals surface area contributed by atoms with Gasteiger partial charge in [0.1, 0.15) is 30.7 Å². The molecule has 1 fully saturated rings. The van der Waals surface area contributed by atoms with E-state index in [-0.39, 0.29) is 12.4 Å². The number of fused-ring (bicyclic) bond motifs is 1. The molecule has 1 aliphatic rings. The lowest BCUT2D eigenvalue weighted by molar-refractivity contribution is -0.0511. The molecule has 0 bridgehead atoms. The van der Waals surface area contributed by atoms with Crippen molar-refractivity contribution in [2.45, 2.75) is 24.5 Å². The van der Waals surface area contributed by atoms with Crippen LogP contribution in [0.5, 0.6) is 5.75 Å². The van der Waals surface area contributed by atoms with Gasteiger partial charge in [0, 0.05) is 6.20 Å². The molecule has 1 saturated heterocycles. The van der Waals surface area contributed by atoms with Gasteiger partial charge in [-0.15, -0.1) is 0 Å². The first kappa shape index (κ1) is 22.7. The summed E-state index contributed by atoms with van der Waals surface area (Å²) in [6.07, 6.45) is 0.239. The Morgan fingerprint density at radius 3 is 2.69 bits per heavy atom. The number of hydrogen-bond donors (Lipinski definition) is 4.